The second kappa shape index (κ2) is 4.34. The van der Waals surface area contributed by atoms with Gasteiger partial charge in [0, 0.05) is 18.5 Å². The van der Waals surface area contributed by atoms with Crippen LogP contribution in [0.25, 0.3) is 0 Å². The highest BCUT2D eigenvalue weighted by molar-refractivity contribution is 5.81. The summed E-state index contributed by atoms with van der Waals surface area (Å²) in [6.07, 6.45) is 2.77. The molecule has 1 saturated carbocycles. The van der Waals surface area contributed by atoms with Crippen LogP contribution >= 0.6 is 0 Å². The third-order valence-electron chi connectivity index (χ3n) is 4.38. The van der Waals surface area contributed by atoms with E-state index in [1.807, 2.05) is 0 Å². The SMILES string of the molecule is Cc1cc(C)c(C2C(N)CC(=O)N2C2CC2)c(C)c1. The van der Waals surface area contributed by atoms with Gasteiger partial charge in [0.2, 0.25) is 5.91 Å². The normalized spacial score (nSPS) is 27.2. The van der Waals surface area contributed by atoms with Crippen LogP contribution in [0.5, 0.6) is 0 Å². The van der Waals surface area contributed by atoms with Crippen molar-refractivity contribution < 1.29 is 4.79 Å². The molecule has 1 aromatic rings. The van der Waals surface area contributed by atoms with Crippen molar-refractivity contribution >= 4 is 5.91 Å². The first-order valence-corrected chi connectivity index (χ1v) is 7.13. The molecular formula is C16H22N2O. The minimum absolute atomic E-state index is 0.0618. The van der Waals surface area contributed by atoms with Crippen molar-refractivity contribution in [2.75, 3.05) is 0 Å². The lowest BCUT2D eigenvalue weighted by Gasteiger charge is -2.30. The molecule has 2 unspecified atom stereocenters. The number of hydrogen-bond donors (Lipinski definition) is 1. The molecule has 3 nitrogen and oxygen atoms in total. The van der Waals surface area contributed by atoms with Gasteiger partial charge in [-0.1, -0.05) is 17.7 Å². The fourth-order valence-corrected chi connectivity index (χ4v) is 3.57. The van der Waals surface area contributed by atoms with E-state index in [1.54, 1.807) is 0 Å². The van der Waals surface area contributed by atoms with Gasteiger partial charge in [-0.2, -0.15) is 0 Å². The molecule has 1 aliphatic heterocycles. The lowest BCUT2D eigenvalue weighted by atomic mass is 9.90. The van der Waals surface area contributed by atoms with Crippen molar-refractivity contribution in [3.63, 3.8) is 0 Å². The maximum Gasteiger partial charge on any atom is 0.225 e. The van der Waals surface area contributed by atoms with Crippen LogP contribution in [0.3, 0.4) is 0 Å². The zero-order valence-corrected chi connectivity index (χ0v) is 11.9. The van der Waals surface area contributed by atoms with Gasteiger partial charge in [-0.3, -0.25) is 4.79 Å². The summed E-state index contributed by atoms with van der Waals surface area (Å²) in [6.45, 7) is 6.38. The van der Waals surface area contributed by atoms with Gasteiger partial charge in [0.15, 0.2) is 0 Å². The molecule has 2 atom stereocenters. The van der Waals surface area contributed by atoms with Crippen molar-refractivity contribution in [3.05, 3.63) is 34.4 Å². The lowest BCUT2D eigenvalue weighted by Crippen LogP contribution is -2.35. The van der Waals surface area contributed by atoms with Gasteiger partial charge >= 0.3 is 0 Å². The largest absolute Gasteiger partial charge is 0.331 e. The second-order valence-corrected chi connectivity index (χ2v) is 6.16. The third kappa shape index (κ3) is 2.06. The number of likely N-dealkylation sites (tertiary alicyclic amines) is 1. The number of aryl methyl sites for hydroxylation is 3. The van der Waals surface area contributed by atoms with E-state index in [0.717, 1.165) is 12.8 Å². The quantitative estimate of drug-likeness (QED) is 0.885. The van der Waals surface area contributed by atoms with Crippen molar-refractivity contribution in [3.8, 4) is 0 Å². The van der Waals surface area contributed by atoms with E-state index in [4.69, 9.17) is 5.73 Å². The molecule has 2 N–H and O–H groups in total. The molecule has 102 valence electrons. The number of carbonyl (C=O) groups is 1. The minimum atomic E-state index is -0.0618. The van der Waals surface area contributed by atoms with E-state index in [9.17, 15) is 4.79 Å². The highest BCUT2D eigenvalue weighted by atomic mass is 16.2. The summed E-state index contributed by atoms with van der Waals surface area (Å²) >= 11 is 0. The van der Waals surface area contributed by atoms with E-state index in [2.05, 4.69) is 37.8 Å². The first-order valence-electron chi connectivity index (χ1n) is 7.13. The molecule has 3 heteroatoms. The van der Waals surface area contributed by atoms with Crippen LogP contribution in [0.4, 0.5) is 0 Å². The molecule has 1 heterocycles. The number of hydrogen-bond acceptors (Lipinski definition) is 2. The molecule has 0 spiro atoms. The highest BCUT2D eigenvalue weighted by Gasteiger charge is 2.46. The Morgan fingerprint density at radius 3 is 2.26 bits per heavy atom. The third-order valence-corrected chi connectivity index (χ3v) is 4.38. The monoisotopic (exact) mass is 258 g/mol. The summed E-state index contributed by atoms with van der Waals surface area (Å²) in [5.41, 5.74) is 11.3. The minimum Gasteiger partial charge on any atom is -0.331 e. The zero-order valence-electron chi connectivity index (χ0n) is 11.9. The van der Waals surface area contributed by atoms with Crippen LogP contribution < -0.4 is 5.73 Å². The number of nitrogens with zero attached hydrogens (tertiary/aromatic N) is 1. The summed E-state index contributed by atoms with van der Waals surface area (Å²) in [7, 11) is 0. The first-order chi connectivity index (χ1) is 8.99. The zero-order chi connectivity index (χ0) is 13.7. The lowest BCUT2D eigenvalue weighted by molar-refractivity contribution is -0.129. The maximum atomic E-state index is 12.2. The predicted octanol–water partition coefficient (Wildman–Crippen LogP) is 2.37. The topological polar surface area (TPSA) is 46.3 Å². The van der Waals surface area contributed by atoms with Crippen LogP contribution in [0.15, 0.2) is 12.1 Å². The fourth-order valence-electron chi connectivity index (χ4n) is 3.57. The van der Waals surface area contributed by atoms with Crippen molar-refractivity contribution in [2.45, 2.75) is 58.2 Å². The molecule has 1 aromatic carbocycles. The summed E-state index contributed by atoms with van der Waals surface area (Å²) in [4.78, 5) is 14.3. The number of rotatable bonds is 2. The average molecular weight is 258 g/mol. The number of amides is 1. The Bertz CT molecular complexity index is 511. The van der Waals surface area contributed by atoms with Crippen LogP contribution in [-0.2, 0) is 4.79 Å². The van der Waals surface area contributed by atoms with Gasteiger partial charge in [0.05, 0.1) is 6.04 Å². The summed E-state index contributed by atoms with van der Waals surface area (Å²) < 4.78 is 0. The Hall–Kier alpha value is -1.35. The van der Waals surface area contributed by atoms with Gasteiger partial charge in [-0.15, -0.1) is 0 Å². The van der Waals surface area contributed by atoms with Crippen LogP contribution in [0.1, 0.15) is 47.6 Å². The van der Waals surface area contributed by atoms with Crippen LogP contribution in [0.2, 0.25) is 0 Å². The van der Waals surface area contributed by atoms with E-state index in [0.29, 0.717) is 12.5 Å². The van der Waals surface area contributed by atoms with E-state index >= 15 is 0 Å². The smallest absolute Gasteiger partial charge is 0.225 e. The molecule has 0 aromatic heterocycles. The standard InChI is InChI=1S/C16H22N2O/c1-9-6-10(2)15(11(3)7-9)16-13(17)8-14(19)18(16)12-4-5-12/h6-7,12-13,16H,4-5,8,17H2,1-3H3. The second-order valence-electron chi connectivity index (χ2n) is 6.16. The van der Waals surface area contributed by atoms with Gasteiger partial charge < -0.3 is 10.6 Å². The maximum absolute atomic E-state index is 12.2. The summed E-state index contributed by atoms with van der Waals surface area (Å²) in [5, 5.41) is 0. The molecule has 2 aliphatic rings. The molecule has 0 radical (unpaired) electrons. The predicted molar refractivity (Wildman–Crippen MR) is 75.9 cm³/mol. The Labute approximate surface area is 114 Å². The van der Waals surface area contributed by atoms with Gasteiger partial charge in [-0.05, 0) is 50.3 Å². The average Bonchev–Trinajstić information content (AvgIpc) is 3.06. The molecule has 3 rings (SSSR count). The molecule has 1 aliphatic carbocycles. The van der Waals surface area contributed by atoms with Gasteiger partial charge in [0.25, 0.3) is 0 Å². The number of nitrogens with two attached hydrogens (primary N) is 1. The van der Waals surface area contributed by atoms with Crippen molar-refractivity contribution in [2.24, 2.45) is 5.73 Å². The van der Waals surface area contributed by atoms with E-state index in [-0.39, 0.29) is 18.0 Å². The number of benzene rings is 1. The van der Waals surface area contributed by atoms with Crippen molar-refractivity contribution in [1.29, 1.82) is 0 Å². The number of carbonyl (C=O) groups excluding carboxylic acids is 1. The van der Waals surface area contributed by atoms with Gasteiger partial charge in [0.1, 0.15) is 0 Å². The Morgan fingerprint density at radius 2 is 1.74 bits per heavy atom. The van der Waals surface area contributed by atoms with Crippen LogP contribution in [0, 0.1) is 20.8 Å². The molecular weight excluding hydrogens is 236 g/mol. The summed E-state index contributed by atoms with van der Waals surface area (Å²) in [6, 6.07) is 4.85. The van der Waals surface area contributed by atoms with E-state index in [1.165, 1.54) is 22.3 Å². The van der Waals surface area contributed by atoms with Crippen molar-refractivity contribution in [1.82, 2.24) is 4.90 Å². The fraction of sp³-hybridized carbons (Fsp3) is 0.562. The summed E-state index contributed by atoms with van der Waals surface area (Å²) in [5.74, 6) is 0.236. The van der Waals surface area contributed by atoms with Gasteiger partial charge in [-0.25, -0.2) is 0 Å². The Kier molecular flexibility index (Phi) is 2.90. The van der Waals surface area contributed by atoms with E-state index < -0.39 is 0 Å². The molecule has 0 bridgehead atoms. The molecule has 1 saturated heterocycles. The molecule has 1 amide bonds. The highest BCUT2D eigenvalue weighted by Crippen LogP contribution is 2.43. The first kappa shape index (κ1) is 12.7. The molecule has 2 fully saturated rings. The molecule has 19 heavy (non-hydrogen) atoms. The Morgan fingerprint density at radius 1 is 1.16 bits per heavy atom. The Balaban J connectivity index is 2.06. The van der Waals surface area contributed by atoms with Crippen LogP contribution in [-0.4, -0.2) is 22.9 Å².